The summed E-state index contributed by atoms with van der Waals surface area (Å²) in [4.78, 5) is 16.4. The van der Waals surface area contributed by atoms with Crippen molar-refractivity contribution in [1.82, 2.24) is 29.4 Å². The molecule has 3 aromatic heterocycles. The minimum atomic E-state index is 0.149. The number of hydrogen-bond acceptors (Lipinski definition) is 5. The van der Waals surface area contributed by atoms with Crippen LogP contribution in [0.1, 0.15) is 5.69 Å². The maximum Gasteiger partial charge on any atom is 0.242 e. The van der Waals surface area contributed by atoms with Gasteiger partial charge in [0.15, 0.2) is 11.6 Å². The Labute approximate surface area is 151 Å². The van der Waals surface area contributed by atoms with E-state index in [1.54, 1.807) is 4.68 Å². The number of aromatic nitrogens is 5. The van der Waals surface area contributed by atoms with Gasteiger partial charge in [-0.2, -0.15) is 5.10 Å². The molecule has 0 aromatic carbocycles. The highest BCUT2D eigenvalue weighted by atomic mass is 16.2. The van der Waals surface area contributed by atoms with Crippen LogP contribution in [0.3, 0.4) is 0 Å². The maximum atomic E-state index is 12.4. The Morgan fingerprint density at radius 2 is 1.65 bits per heavy atom. The second kappa shape index (κ2) is 6.99. The molecule has 0 radical (unpaired) electrons. The normalized spacial score (nSPS) is 14.7. The second-order valence-corrected chi connectivity index (χ2v) is 6.37. The van der Waals surface area contributed by atoms with Crippen molar-refractivity contribution in [3.63, 3.8) is 0 Å². The predicted octanol–water partition coefficient (Wildman–Crippen LogP) is 1.12. The Bertz CT molecular complexity index is 861. The second-order valence-electron chi connectivity index (χ2n) is 6.37. The summed E-state index contributed by atoms with van der Waals surface area (Å²) in [5.41, 5.74) is 0.941. The summed E-state index contributed by atoms with van der Waals surface area (Å²) < 4.78 is 3.61. The molecule has 3 aromatic rings. The molecule has 0 aliphatic carbocycles. The lowest BCUT2D eigenvalue weighted by molar-refractivity contribution is -0.132. The van der Waals surface area contributed by atoms with E-state index in [4.69, 9.17) is 0 Å². The van der Waals surface area contributed by atoms with Crippen LogP contribution in [0.4, 0.5) is 5.82 Å². The number of piperazine rings is 1. The molecule has 0 bridgehead atoms. The molecule has 0 spiro atoms. The number of aryl methyl sites for hydroxylation is 1. The molecule has 1 aliphatic heterocycles. The van der Waals surface area contributed by atoms with E-state index in [-0.39, 0.29) is 5.91 Å². The van der Waals surface area contributed by atoms with Gasteiger partial charge in [-0.05, 0) is 37.3 Å². The Morgan fingerprint density at radius 1 is 0.962 bits per heavy atom. The number of amides is 1. The molecular formula is C18H21N7O. The van der Waals surface area contributed by atoms with E-state index in [0.717, 1.165) is 24.6 Å². The Balaban J connectivity index is 1.35. The van der Waals surface area contributed by atoms with Crippen LogP contribution < -0.4 is 4.90 Å². The lowest BCUT2D eigenvalue weighted by Crippen LogP contribution is -2.49. The fourth-order valence-corrected chi connectivity index (χ4v) is 3.07. The fourth-order valence-electron chi connectivity index (χ4n) is 3.07. The quantitative estimate of drug-likeness (QED) is 0.704. The van der Waals surface area contributed by atoms with E-state index in [0.29, 0.717) is 25.5 Å². The van der Waals surface area contributed by atoms with E-state index in [2.05, 4.69) is 20.2 Å². The van der Waals surface area contributed by atoms with Gasteiger partial charge in [0.1, 0.15) is 6.54 Å². The highest BCUT2D eigenvalue weighted by molar-refractivity contribution is 5.76. The topological polar surface area (TPSA) is 72.1 Å². The smallest absolute Gasteiger partial charge is 0.242 e. The number of hydrogen-bond donors (Lipinski definition) is 0. The molecule has 4 rings (SSSR count). The Morgan fingerprint density at radius 3 is 2.27 bits per heavy atom. The van der Waals surface area contributed by atoms with Crippen molar-refractivity contribution < 1.29 is 4.79 Å². The van der Waals surface area contributed by atoms with E-state index in [1.807, 2.05) is 65.3 Å². The van der Waals surface area contributed by atoms with E-state index < -0.39 is 0 Å². The summed E-state index contributed by atoms with van der Waals surface area (Å²) in [6.07, 6.45) is 5.69. The highest BCUT2D eigenvalue weighted by Crippen LogP contribution is 2.14. The molecule has 1 saturated heterocycles. The molecule has 1 amide bonds. The third-order valence-electron chi connectivity index (χ3n) is 4.53. The van der Waals surface area contributed by atoms with Gasteiger partial charge in [-0.25, -0.2) is 4.68 Å². The zero-order chi connectivity index (χ0) is 17.9. The first-order valence-corrected chi connectivity index (χ1v) is 8.69. The van der Waals surface area contributed by atoms with E-state index in [9.17, 15) is 4.79 Å². The average molecular weight is 351 g/mol. The molecule has 0 atom stereocenters. The third kappa shape index (κ3) is 3.44. The van der Waals surface area contributed by atoms with Crippen molar-refractivity contribution in [2.45, 2.75) is 13.5 Å². The van der Waals surface area contributed by atoms with Gasteiger partial charge in [-0.3, -0.25) is 4.79 Å². The Kier molecular flexibility index (Phi) is 4.39. The first-order chi connectivity index (χ1) is 12.7. The van der Waals surface area contributed by atoms with Crippen molar-refractivity contribution in [1.29, 1.82) is 0 Å². The highest BCUT2D eigenvalue weighted by Gasteiger charge is 2.22. The minimum absolute atomic E-state index is 0.149. The van der Waals surface area contributed by atoms with Gasteiger partial charge >= 0.3 is 0 Å². The zero-order valence-electron chi connectivity index (χ0n) is 14.7. The number of rotatable bonds is 4. The summed E-state index contributed by atoms with van der Waals surface area (Å²) >= 11 is 0. The molecule has 8 nitrogen and oxygen atoms in total. The van der Waals surface area contributed by atoms with Crippen LogP contribution in [-0.2, 0) is 11.3 Å². The standard InChI is InChI=1S/C18H21N7O/c1-15-6-9-25(21-15)17-5-4-16(19-20-17)23-10-12-24(13-11-23)18(26)14-22-7-2-3-8-22/h2-9H,10-14H2,1H3. The van der Waals surface area contributed by atoms with Crippen molar-refractivity contribution in [2.75, 3.05) is 31.1 Å². The van der Waals surface area contributed by atoms with Gasteiger partial charge in [-0.1, -0.05) is 0 Å². The summed E-state index contributed by atoms with van der Waals surface area (Å²) in [5.74, 6) is 1.67. The number of anilines is 1. The molecular weight excluding hydrogens is 330 g/mol. The first-order valence-electron chi connectivity index (χ1n) is 8.69. The van der Waals surface area contributed by atoms with Gasteiger partial charge in [0, 0.05) is 44.8 Å². The van der Waals surface area contributed by atoms with Crippen molar-refractivity contribution in [3.8, 4) is 5.82 Å². The van der Waals surface area contributed by atoms with Crippen LogP contribution >= 0.6 is 0 Å². The van der Waals surface area contributed by atoms with Crippen molar-refractivity contribution in [2.24, 2.45) is 0 Å². The molecule has 0 saturated carbocycles. The Hall–Kier alpha value is -3.16. The molecule has 4 heterocycles. The van der Waals surface area contributed by atoms with Gasteiger partial charge in [0.2, 0.25) is 5.91 Å². The van der Waals surface area contributed by atoms with Gasteiger partial charge in [-0.15, -0.1) is 10.2 Å². The van der Waals surface area contributed by atoms with Crippen LogP contribution in [0.2, 0.25) is 0 Å². The van der Waals surface area contributed by atoms with Crippen LogP contribution in [0.5, 0.6) is 0 Å². The number of nitrogens with zero attached hydrogens (tertiary/aromatic N) is 7. The van der Waals surface area contributed by atoms with Gasteiger partial charge in [0.25, 0.3) is 0 Å². The number of carbonyl (C=O) groups is 1. The minimum Gasteiger partial charge on any atom is -0.352 e. The summed E-state index contributed by atoms with van der Waals surface area (Å²) in [6.45, 7) is 5.24. The lowest BCUT2D eigenvalue weighted by Gasteiger charge is -2.35. The lowest BCUT2D eigenvalue weighted by atomic mass is 10.3. The van der Waals surface area contributed by atoms with E-state index in [1.165, 1.54) is 0 Å². The largest absolute Gasteiger partial charge is 0.352 e. The van der Waals surface area contributed by atoms with Crippen LogP contribution in [0.25, 0.3) is 5.82 Å². The summed E-state index contributed by atoms with van der Waals surface area (Å²) in [6, 6.07) is 9.66. The van der Waals surface area contributed by atoms with Crippen molar-refractivity contribution in [3.05, 3.63) is 54.6 Å². The molecule has 1 fully saturated rings. The van der Waals surface area contributed by atoms with Gasteiger partial charge < -0.3 is 14.4 Å². The molecule has 0 N–H and O–H groups in total. The van der Waals surface area contributed by atoms with Crippen molar-refractivity contribution >= 4 is 11.7 Å². The predicted molar refractivity (Wildman–Crippen MR) is 97.1 cm³/mol. The van der Waals surface area contributed by atoms with Crippen LogP contribution in [0.15, 0.2) is 48.9 Å². The monoisotopic (exact) mass is 351 g/mol. The van der Waals surface area contributed by atoms with E-state index >= 15 is 0 Å². The van der Waals surface area contributed by atoms with Crippen LogP contribution in [-0.4, -0.2) is 61.5 Å². The molecule has 1 aliphatic rings. The summed E-state index contributed by atoms with van der Waals surface area (Å²) in [5, 5.41) is 12.9. The molecule has 0 unspecified atom stereocenters. The SMILES string of the molecule is Cc1ccn(-c2ccc(N3CCN(C(=O)Cn4cccc4)CC3)nn2)n1. The first kappa shape index (κ1) is 16.3. The van der Waals surface area contributed by atoms with Gasteiger partial charge in [0.05, 0.1) is 5.69 Å². The maximum absolute atomic E-state index is 12.4. The molecule has 8 heteroatoms. The summed E-state index contributed by atoms with van der Waals surface area (Å²) in [7, 11) is 0. The fraction of sp³-hybridized carbons (Fsp3) is 0.333. The zero-order valence-corrected chi connectivity index (χ0v) is 14.7. The third-order valence-corrected chi connectivity index (χ3v) is 4.53. The molecule has 26 heavy (non-hydrogen) atoms. The molecule has 134 valence electrons. The average Bonchev–Trinajstić information content (AvgIpc) is 3.34. The number of carbonyl (C=O) groups excluding carboxylic acids is 1. The van der Waals surface area contributed by atoms with Crippen LogP contribution in [0, 0.1) is 6.92 Å².